The third-order valence-electron chi connectivity index (χ3n) is 4.29. The Kier molecular flexibility index (Phi) is 5.36. The molecule has 2 heterocycles. The monoisotopic (exact) mass is 348 g/mol. The molecule has 2 unspecified atom stereocenters. The van der Waals surface area contributed by atoms with Crippen LogP contribution < -0.4 is 5.32 Å². The third-order valence-corrected chi connectivity index (χ3v) is 5.47. The van der Waals surface area contributed by atoms with Crippen molar-refractivity contribution < 1.29 is 4.79 Å². The third kappa shape index (κ3) is 3.94. The SMILES string of the molecule is CC(NC(=O)c1cccc(Cl)c1)C(c1cccs1)N1CCCC1. The van der Waals surface area contributed by atoms with E-state index in [-0.39, 0.29) is 18.0 Å². The van der Waals surface area contributed by atoms with E-state index in [4.69, 9.17) is 11.6 Å². The maximum atomic E-state index is 12.5. The first-order valence-electron chi connectivity index (χ1n) is 7.99. The van der Waals surface area contributed by atoms with Gasteiger partial charge in [0.15, 0.2) is 0 Å². The fraction of sp³-hybridized carbons (Fsp3) is 0.389. The molecular formula is C18H21ClN2OS. The van der Waals surface area contributed by atoms with E-state index in [0.29, 0.717) is 10.6 Å². The molecule has 122 valence electrons. The van der Waals surface area contributed by atoms with Crippen molar-refractivity contribution in [3.05, 3.63) is 57.2 Å². The first-order valence-corrected chi connectivity index (χ1v) is 9.25. The van der Waals surface area contributed by atoms with Crippen molar-refractivity contribution in [2.45, 2.75) is 31.8 Å². The number of carbonyl (C=O) groups is 1. The first kappa shape index (κ1) is 16.5. The fourth-order valence-corrected chi connectivity index (χ4v) is 4.37. The van der Waals surface area contributed by atoms with E-state index >= 15 is 0 Å². The highest BCUT2D eigenvalue weighted by Crippen LogP contribution is 2.31. The van der Waals surface area contributed by atoms with Gasteiger partial charge in [0.05, 0.1) is 6.04 Å². The molecule has 0 saturated carbocycles. The highest BCUT2D eigenvalue weighted by atomic mass is 35.5. The minimum absolute atomic E-state index is 0.0400. The molecule has 1 fully saturated rings. The Morgan fingerprint density at radius 3 is 2.70 bits per heavy atom. The van der Waals surface area contributed by atoms with Crippen LogP contribution >= 0.6 is 22.9 Å². The lowest BCUT2D eigenvalue weighted by Gasteiger charge is -2.32. The number of halogens is 1. The highest BCUT2D eigenvalue weighted by molar-refractivity contribution is 7.10. The van der Waals surface area contributed by atoms with Gasteiger partial charge in [-0.2, -0.15) is 0 Å². The number of carbonyl (C=O) groups excluding carboxylic acids is 1. The van der Waals surface area contributed by atoms with Crippen LogP contribution in [-0.4, -0.2) is 29.9 Å². The number of nitrogens with one attached hydrogen (secondary N) is 1. The Hall–Kier alpha value is -1.36. The zero-order valence-corrected chi connectivity index (χ0v) is 14.7. The van der Waals surface area contributed by atoms with Gasteiger partial charge in [-0.25, -0.2) is 0 Å². The molecule has 0 radical (unpaired) electrons. The van der Waals surface area contributed by atoms with Crippen molar-refractivity contribution in [1.29, 1.82) is 0 Å². The van der Waals surface area contributed by atoms with Crippen molar-refractivity contribution in [3.63, 3.8) is 0 Å². The van der Waals surface area contributed by atoms with Gasteiger partial charge in [-0.15, -0.1) is 11.3 Å². The largest absolute Gasteiger partial charge is 0.348 e. The fourth-order valence-electron chi connectivity index (χ4n) is 3.22. The maximum absolute atomic E-state index is 12.5. The first-order chi connectivity index (χ1) is 11.1. The summed E-state index contributed by atoms with van der Waals surface area (Å²) >= 11 is 7.74. The second-order valence-electron chi connectivity index (χ2n) is 5.98. The van der Waals surface area contributed by atoms with E-state index in [9.17, 15) is 4.79 Å². The van der Waals surface area contributed by atoms with Crippen LogP contribution in [-0.2, 0) is 0 Å². The molecule has 0 aliphatic carbocycles. The van der Waals surface area contributed by atoms with E-state index in [0.717, 1.165) is 13.1 Å². The molecule has 3 rings (SSSR count). The van der Waals surface area contributed by atoms with Crippen LogP contribution in [0.15, 0.2) is 41.8 Å². The molecule has 2 aromatic rings. The van der Waals surface area contributed by atoms with Gasteiger partial charge < -0.3 is 5.32 Å². The van der Waals surface area contributed by atoms with E-state index in [1.54, 1.807) is 35.6 Å². The number of thiophene rings is 1. The molecule has 2 atom stereocenters. The molecule has 1 aliphatic heterocycles. The molecule has 1 saturated heterocycles. The number of hydrogen-bond acceptors (Lipinski definition) is 3. The number of benzene rings is 1. The molecule has 1 N–H and O–H groups in total. The van der Waals surface area contributed by atoms with Gasteiger partial charge in [0.2, 0.25) is 0 Å². The lowest BCUT2D eigenvalue weighted by Crippen LogP contribution is -2.43. The van der Waals surface area contributed by atoms with E-state index in [1.165, 1.54) is 17.7 Å². The topological polar surface area (TPSA) is 32.3 Å². The summed E-state index contributed by atoms with van der Waals surface area (Å²) in [4.78, 5) is 16.3. The summed E-state index contributed by atoms with van der Waals surface area (Å²) in [6.07, 6.45) is 2.47. The maximum Gasteiger partial charge on any atom is 0.251 e. The number of nitrogens with zero attached hydrogens (tertiary/aromatic N) is 1. The summed E-state index contributed by atoms with van der Waals surface area (Å²) in [6.45, 7) is 4.28. The molecule has 1 aromatic carbocycles. The molecule has 5 heteroatoms. The van der Waals surface area contributed by atoms with Gasteiger partial charge in [0.1, 0.15) is 0 Å². The minimum atomic E-state index is -0.0687. The zero-order chi connectivity index (χ0) is 16.2. The molecule has 1 aliphatic rings. The van der Waals surface area contributed by atoms with Gasteiger partial charge >= 0.3 is 0 Å². The predicted octanol–water partition coefficient (Wildman–Crippen LogP) is 4.36. The normalized spacial score (nSPS) is 17.8. The van der Waals surface area contributed by atoms with Gasteiger partial charge in [-0.3, -0.25) is 9.69 Å². The minimum Gasteiger partial charge on any atom is -0.348 e. The lowest BCUT2D eigenvalue weighted by atomic mass is 10.1. The van der Waals surface area contributed by atoms with Crippen molar-refractivity contribution in [1.82, 2.24) is 10.2 Å². The van der Waals surface area contributed by atoms with Crippen LogP contribution in [0, 0.1) is 0 Å². The summed E-state index contributed by atoms with van der Waals surface area (Å²) in [5.41, 5.74) is 0.607. The van der Waals surface area contributed by atoms with Crippen LogP contribution in [0.25, 0.3) is 0 Å². The summed E-state index contributed by atoms with van der Waals surface area (Å²) in [5.74, 6) is -0.0687. The van der Waals surface area contributed by atoms with Crippen molar-refractivity contribution in [2.24, 2.45) is 0 Å². The number of amides is 1. The summed E-state index contributed by atoms with van der Waals surface area (Å²) in [5, 5.41) is 5.84. The van der Waals surface area contributed by atoms with Crippen LogP contribution in [0.4, 0.5) is 0 Å². The second kappa shape index (κ2) is 7.47. The van der Waals surface area contributed by atoms with Gasteiger partial charge in [0.25, 0.3) is 5.91 Å². The summed E-state index contributed by atoms with van der Waals surface area (Å²) < 4.78 is 0. The number of hydrogen-bond donors (Lipinski definition) is 1. The second-order valence-corrected chi connectivity index (χ2v) is 7.39. The average Bonchev–Trinajstić information content (AvgIpc) is 3.21. The standard InChI is InChI=1S/C18H21ClN2OS/c1-13(20-18(22)14-6-4-7-15(19)12-14)17(16-8-5-11-23-16)21-9-2-3-10-21/h4-8,11-13,17H,2-3,9-10H2,1H3,(H,20,22). The van der Waals surface area contributed by atoms with Crippen LogP contribution in [0.2, 0.25) is 5.02 Å². The van der Waals surface area contributed by atoms with Gasteiger partial charge in [0, 0.05) is 21.5 Å². The van der Waals surface area contributed by atoms with E-state index < -0.39 is 0 Å². The molecule has 1 aromatic heterocycles. The lowest BCUT2D eigenvalue weighted by molar-refractivity contribution is 0.0908. The summed E-state index contributed by atoms with van der Waals surface area (Å²) in [7, 11) is 0. The van der Waals surface area contributed by atoms with Crippen molar-refractivity contribution in [2.75, 3.05) is 13.1 Å². The Labute approximate surface area is 146 Å². The number of likely N-dealkylation sites (tertiary alicyclic amines) is 1. The van der Waals surface area contributed by atoms with Crippen molar-refractivity contribution in [3.8, 4) is 0 Å². The molecular weight excluding hydrogens is 328 g/mol. The quantitative estimate of drug-likeness (QED) is 0.870. The Balaban J connectivity index is 1.75. The molecule has 3 nitrogen and oxygen atoms in total. The average molecular weight is 349 g/mol. The Morgan fingerprint density at radius 2 is 2.04 bits per heavy atom. The highest BCUT2D eigenvalue weighted by Gasteiger charge is 2.30. The van der Waals surface area contributed by atoms with Crippen LogP contribution in [0.3, 0.4) is 0 Å². The van der Waals surface area contributed by atoms with Crippen molar-refractivity contribution >= 4 is 28.8 Å². The Morgan fingerprint density at radius 1 is 1.26 bits per heavy atom. The Bertz CT molecular complexity index is 653. The molecule has 1 amide bonds. The molecule has 0 spiro atoms. The smallest absolute Gasteiger partial charge is 0.251 e. The van der Waals surface area contributed by atoms with Crippen LogP contribution in [0.5, 0.6) is 0 Å². The summed E-state index contributed by atoms with van der Waals surface area (Å²) in [6, 6.07) is 11.6. The van der Waals surface area contributed by atoms with Gasteiger partial charge in [-0.1, -0.05) is 23.7 Å². The van der Waals surface area contributed by atoms with E-state index in [1.807, 2.05) is 0 Å². The predicted molar refractivity (Wildman–Crippen MR) is 96.2 cm³/mol. The van der Waals surface area contributed by atoms with Crippen LogP contribution in [0.1, 0.15) is 41.0 Å². The molecule has 0 bridgehead atoms. The van der Waals surface area contributed by atoms with Gasteiger partial charge in [-0.05, 0) is 62.5 Å². The molecule has 23 heavy (non-hydrogen) atoms. The zero-order valence-electron chi connectivity index (χ0n) is 13.2. The van der Waals surface area contributed by atoms with E-state index in [2.05, 4.69) is 34.7 Å². The number of rotatable bonds is 5.